The van der Waals surface area contributed by atoms with E-state index in [4.69, 9.17) is 21.1 Å². The molecule has 0 aromatic heterocycles. The van der Waals surface area contributed by atoms with E-state index in [0.717, 1.165) is 18.5 Å². The van der Waals surface area contributed by atoms with Crippen molar-refractivity contribution in [3.8, 4) is 0 Å². The van der Waals surface area contributed by atoms with Gasteiger partial charge in [-0.2, -0.15) is 0 Å². The number of hydrogen-bond acceptors (Lipinski definition) is 5. The molecular weight excluding hydrogens is 390 g/mol. The number of esters is 2. The zero-order valence-electron chi connectivity index (χ0n) is 18.0. The lowest BCUT2D eigenvalue weighted by molar-refractivity contribution is -0.154. The molecule has 1 aromatic carbocycles. The molecule has 1 aromatic rings. The van der Waals surface area contributed by atoms with E-state index in [-0.39, 0.29) is 11.9 Å². The topological polar surface area (TPSA) is 55.8 Å². The summed E-state index contributed by atoms with van der Waals surface area (Å²) in [6.45, 7) is 9.18. The Morgan fingerprint density at radius 2 is 2.00 bits per heavy atom. The molecule has 1 fully saturated rings. The molecule has 0 aliphatic carbocycles. The number of carbonyl (C=O) groups excluding carboxylic acids is 2. The van der Waals surface area contributed by atoms with Gasteiger partial charge in [0, 0.05) is 24.5 Å². The Bertz CT molecular complexity index is 753. The molecule has 0 saturated carbocycles. The van der Waals surface area contributed by atoms with Crippen LogP contribution in [0.4, 0.5) is 0 Å². The number of hydrogen-bond donors (Lipinski definition) is 0. The SMILES string of the molecule is COC(=O)C(c1ccccc1Cl)N1C/C(=C/CCC(=O)OC(C)(C)C)CC(C)C1. The molecule has 1 heterocycles. The number of rotatable bonds is 6. The number of nitrogens with zero attached hydrogens (tertiary/aromatic N) is 1. The number of piperidine rings is 1. The minimum atomic E-state index is -0.550. The van der Waals surface area contributed by atoms with E-state index in [1.54, 1.807) is 6.07 Å². The van der Waals surface area contributed by atoms with Gasteiger partial charge >= 0.3 is 11.9 Å². The number of benzene rings is 1. The maximum atomic E-state index is 12.6. The fourth-order valence-corrected chi connectivity index (χ4v) is 3.95. The third kappa shape index (κ3) is 7.16. The highest BCUT2D eigenvalue weighted by Crippen LogP contribution is 2.33. The Morgan fingerprint density at radius 3 is 2.62 bits per heavy atom. The predicted molar refractivity (Wildman–Crippen MR) is 115 cm³/mol. The standard InChI is InChI=1S/C23H32ClNO4/c1-16-13-17(9-8-12-20(26)29-23(2,3)4)15-25(14-16)21(22(27)28-5)18-10-6-7-11-19(18)24/h6-7,9-11,16,21H,8,12-15H2,1-5H3/b17-9+. The monoisotopic (exact) mass is 421 g/mol. The summed E-state index contributed by atoms with van der Waals surface area (Å²) in [6, 6.07) is 6.83. The van der Waals surface area contributed by atoms with Crippen LogP contribution in [0.2, 0.25) is 5.02 Å². The minimum Gasteiger partial charge on any atom is -0.468 e. The summed E-state index contributed by atoms with van der Waals surface area (Å²) >= 11 is 6.38. The lowest BCUT2D eigenvalue weighted by atomic mass is 9.92. The molecule has 2 unspecified atom stereocenters. The van der Waals surface area contributed by atoms with E-state index in [1.807, 2.05) is 39.0 Å². The van der Waals surface area contributed by atoms with Crippen LogP contribution in [-0.2, 0) is 19.1 Å². The van der Waals surface area contributed by atoms with Crippen LogP contribution in [0.25, 0.3) is 0 Å². The average Bonchev–Trinajstić information content (AvgIpc) is 2.61. The first kappa shape index (κ1) is 23.4. The average molecular weight is 422 g/mol. The lowest BCUT2D eigenvalue weighted by Gasteiger charge is -2.37. The second-order valence-electron chi connectivity index (χ2n) is 8.67. The van der Waals surface area contributed by atoms with E-state index in [2.05, 4.69) is 17.9 Å². The minimum absolute atomic E-state index is 0.196. The van der Waals surface area contributed by atoms with E-state index >= 15 is 0 Å². The molecule has 6 heteroatoms. The Kier molecular flexibility index (Phi) is 8.29. The van der Waals surface area contributed by atoms with Crippen LogP contribution in [0.1, 0.15) is 58.6 Å². The van der Waals surface area contributed by atoms with Crippen molar-refractivity contribution < 1.29 is 19.1 Å². The van der Waals surface area contributed by atoms with Gasteiger partial charge in [0.2, 0.25) is 0 Å². The van der Waals surface area contributed by atoms with Gasteiger partial charge < -0.3 is 9.47 Å². The zero-order valence-corrected chi connectivity index (χ0v) is 18.8. The first-order valence-corrected chi connectivity index (χ1v) is 10.4. The molecule has 0 bridgehead atoms. The van der Waals surface area contributed by atoms with Crippen molar-refractivity contribution in [3.05, 3.63) is 46.5 Å². The van der Waals surface area contributed by atoms with E-state index < -0.39 is 11.6 Å². The van der Waals surface area contributed by atoms with Crippen molar-refractivity contribution in [2.75, 3.05) is 20.2 Å². The van der Waals surface area contributed by atoms with Gasteiger partial charge in [0.05, 0.1) is 7.11 Å². The molecule has 1 aliphatic rings. The van der Waals surface area contributed by atoms with Crippen molar-refractivity contribution >= 4 is 23.5 Å². The van der Waals surface area contributed by atoms with Crippen LogP contribution < -0.4 is 0 Å². The summed E-state index contributed by atoms with van der Waals surface area (Å²) in [5.74, 6) is -0.134. The van der Waals surface area contributed by atoms with Crippen LogP contribution in [0.15, 0.2) is 35.9 Å². The summed E-state index contributed by atoms with van der Waals surface area (Å²) < 4.78 is 10.5. The molecule has 29 heavy (non-hydrogen) atoms. The summed E-state index contributed by atoms with van der Waals surface area (Å²) in [5, 5.41) is 0.552. The fourth-order valence-electron chi connectivity index (χ4n) is 3.71. The summed E-state index contributed by atoms with van der Waals surface area (Å²) in [4.78, 5) is 26.7. The summed E-state index contributed by atoms with van der Waals surface area (Å²) in [7, 11) is 1.40. The Balaban J connectivity index is 2.13. The molecule has 0 N–H and O–H groups in total. The molecule has 0 spiro atoms. The highest BCUT2D eigenvalue weighted by molar-refractivity contribution is 6.31. The van der Waals surface area contributed by atoms with E-state index in [9.17, 15) is 9.59 Å². The van der Waals surface area contributed by atoms with Crippen molar-refractivity contribution in [2.45, 2.75) is 58.6 Å². The number of methoxy groups -OCH3 is 1. The number of allylic oxidation sites excluding steroid dienone is 1. The Morgan fingerprint density at radius 1 is 1.31 bits per heavy atom. The van der Waals surface area contributed by atoms with Crippen LogP contribution in [0, 0.1) is 5.92 Å². The van der Waals surface area contributed by atoms with E-state index in [0.29, 0.717) is 30.3 Å². The first-order chi connectivity index (χ1) is 13.6. The van der Waals surface area contributed by atoms with Crippen molar-refractivity contribution in [1.82, 2.24) is 4.90 Å². The molecule has 160 valence electrons. The van der Waals surface area contributed by atoms with Gasteiger partial charge in [-0.05, 0) is 51.2 Å². The molecule has 0 amide bonds. The normalized spacial score (nSPS) is 20.3. The van der Waals surface area contributed by atoms with Gasteiger partial charge in [-0.25, -0.2) is 4.79 Å². The highest BCUT2D eigenvalue weighted by Gasteiger charge is 2.34. The van der Waals surface area contributed by atoms with Crippen LogP contribution in [0.5, 0.6) is 0 Å². The molecule has 2 atom stereocenters. The molecule has 5 nitrogen and oxygen atoms in total. The van der Waals surface area contributed by atoms with Gasteiger partial charge in [0.15, 0.2) is 0 Å². The second kappa shape index (κ2) is 10.3. The predicted octanol–water partition coefficient (Wildman–Crippen LogP) is 4.94. The van der Waals surface area contributed by atoms with Crippen LogP contribution in [-0.4, -0.2) is 42.6 Å². The van der Waals surface area contributed by atoms with Gasteiger partial charge in [-0.3, -0.25) is 9.69 Å². The molecular formula is C23H32ClNO4. The number of likely N-dealkylation sites (tertiary alicyclic amines) is 1. The highest BCUT2D eigenvalue weighted by atomic mass is 35.5. The third-order valence-electron chi connectivity index (χ3n) is 4.75. The maximum Gasteiger partial charge on any atom is 0.327 e. The first-order valence-electron chi connectivity index (χ1n) is 10.1. The summed E-state index contributed by atoms with van der Waals surface area (Å²) in [6.07, 6.45) is 4.02. The van der Waals surface area contributed by atoms with Crippen molar-refractivity contribution in [3.63, 3.8) is 0 Å². The van der Waals surface area contributed by atoms with Gasteiger partial charge in [0.1, 0.15) is 11.6 Å². The quantitative estimate of drug-likeness (QED) is 0.480. The molecule has 1 saturated heterocycles. The van der Waals surface area contributed by atoms with Crippen LogP contribution in [0.3, 0.4) is 0 Å². The number of carbonyl (C=O) groups is 2. The fraction of sp³-hybridized carbons (Fsp3) is 0.565. The van der Waals surface area contributed by atoms with Gasteiger partial charge in [-0.15, -0.1) is 0 Å². The Labute approximate surface area is 179 Å². The largest absolute Gasteiger partial charge is 0.468 e. The molecule has 1 aliphatic heterocycles. The second-order valence-corrected chi connectivity index (χ2v) is 9.08. The van der Waals surface area contributed by atoms with Gasteiger partial charge in [-0.1, -0.05) is 48.4 Å². The third-order valence-corrected chi connectivity index (χ3v) is 5.10. The molecule has 0 radical (unpaired) electrons. The molecule has 2 rings (SSSR count). The lowest BCUT2D eigenvalue weighted by Crippen LogP contribution is -2.42. The number of ether oxygens (including phenoxy) is 2. The van der Waals surface area contributed by atoms with Crippen LogP contribution >= 0.6 is 11.6 Å². The summed E-state index contributed by atoms with van der Waals surface area (Å²) in [5.41, 5.74) is 1.50. The van der Waals surface area contributed by atoms with Crippen molar-refractivity contribution in [1.29, 1.82) is 0 Å². The Hall–Kier alpha value is -1.85. The zero-order chi connectivity index (χ0) is 21.6. The number of halogens is 1. The van der Waals surface area contributed by atoms with Gasteiger partial charge in [0.25, 0.3) is 0 Å². The van der Waals surface area contributed by atoms with Crippen molar-refractivity contribution in [2.24, 2.45) is 5.92 Å². The smallest absolute Gasteiger partial charge is 0.327 e. The maximum absolute atomic E-state index is 12.6. The van der Waals surface area contributed by atoms with E-state index in [1.165, 1.54) is 12.7 Å².